The van der Waals surface area contributed by atoms with E-state index in [2.05, 4.69) is 46.7 Å². The molecule has 0 saturated heterocycles. The van der Waals surface area contributed by atoms with Crippen molar-refractivity contribution in [2.24, 2.45) is 0 Å². The second kappa shape index (κ2) is 10.1. The molecule has 0 radical (unpaired) electrons. The molecule has 2 aromatic carbocycles. The van der Waals surface area contributed by atoms with Gasteiger partial charge in [-0.25, -0.2) is 0 Å². The second-order valence-electron chi connectivity index (χ2n) is 8.16. The van der Waals surface area contributed by atoms with E-state index in [1.165, 1.54) is 11.8 Å². The van der Waals surface area contributed by atoms with Gasteiger partial charge in [-0.3, -0.25) is 9.36 Å². The molecular weight excluding hydrogens is 450 g/mol. The van der Waals surface area contributed by atoms with Crippen LogP contribution in [0.4, 0.5) is 5.82 Å². The number of nitrogens with one attached hydrogen (secondary N) is 1. The maximum absolute atomic E-state index is 12.8. The topological polar surface area (TPSA) is 95.1 Å². The molecule has 1 N–H and O–H groups in total. The number of anilines is 1. The van der Waals surface area contributed by atoms with Crippen molar-refractivity contribution < 1.29 is 14.1 Å². The lowest BCUT2D eigenvalue weighted by Crippen LogP contribution is -2.23. The van der Waals surface area contributed by atoms with E-state index in [1.54, 1.807) is 20.1 Å². The fourth-order valence-electron chi connectivity index (χ4n) is 3.53. The summed E-state index contributed by atoms with van der Waals surface area (Å²) in [6.45, 7) is 7.90. The number of benzene rings is 2. The quantitative estimate of drug-likeness (QED) is 0.336. The van der Waals surface area contributed by atoms with Crippen molar-refractivity contribution in [3.8, 4) is 22.8 Å². The van der Waals surface area contributed by atoms with E-state index < -0.39 is 5.25 Å². The molecule has 0 aliphatic rings. The second-order valence-corrected chi connectivity index (χ2v) is 9.46. The zero-order valence-electron chi connectivity index (χ0n) is 19.8. The number of ether oxygens (including phenoxy) is 1. The highest BCUT2D eigenvalue weighted by atomic mass is 32.2. The Labute approximate surface area is 202 Å². The minimum absolute atomic E-state index is 0.198. The highest BCUT2D eigenvalue weighted by Crippen LogP contribution is 2.34. The Bertz CT molecular complexity index is 1280. The zero-order valence-corrected chi connectivity index (χ0v) is 20.6. The molecule has 0 aliphatic heterocycles. The number of aromatic nitrogens is 4. The Morgan fingerprint density at radius 1 is 1.09 bits per heavy atom. The number of hydrogen-bond acceptors (Lipinski definition) is 7. The van der Waals surface area contributed by atoms with Gasteiger partial charge in [0.15, 0.2) is 16.8 Å². The Morgan fingerprint density at radius 2 is 1.82 bits per heavy atom. The molecule has 34 heavy (non-hydrogen) atoms. The van der Waals surface area contributed by atoms with Gasteiger partial charge in [-0.05, 0) is 55.7 Å². The van der Waals surface area contributed by atoms with Gasteiger partial charge in [0.05, 0.1) is 18.0 Å². The molecule has 176 valence electrons. The van der Waals surface area contributed by atoms with E-state index in [4.69, 9.17) is 9.26 Å². The van der Waals surface area contributed by atoms with Gasteiger partial charge in [0.25, 0.3) is 0 Å². The fraction of sp³-hybridized carbons (Fsp3) is 0.280. The lowest BCUT2D eigenvalue weighted by Gasteiger charge is -2.18. The SMILES string of the molecule is COc1ccc(-c2nnc(SC(C)C(=O)Nc3cc(C)on3)n2-c2ccccc2C(C)C)cc1. The van der Waals surface area contributed by atoms with Crippen molar-refractivity contribution in [1.82, 2.24) is 19.9 Å². The van der Waals surface area contributed by atoms with Gasteiger partial charge in [0.2, 0.25) is 5.91 Å². The summed E-state index contributed by atoms with van der Waals surface area (Å²) < 4.78 is 12.4. The van der Waals surface area contributed by atoms with Crippen molar-refractivity contribution in [2.75, 3.05) is 12.4 Å². The largest absolute Gasteiger partial charge is 0.497 e. The third-order valence-corrected chi connectivity index (χ3v) is 6.35. The van der Waals surface area contributed by atoms with Crippen LogP contribution in [0.1, 0.15) is 38.0 Å². The maximum Gasteiger partial charge on any atom is 0.238 e. The highest BCUT2D eigenvalue weighted by Gasteiger charge is 2.24. The van der Waals surface area contributed by atoms with Gasteiger partial charge in [-0.15, -0.1) is 10.2 Å². The molecule has 4 aromatic rings. The van der Waals surface area contributed by atoms with Crippen LogP contribution in [0.25, 0.3) is 17.1 Å². The van der Waals surface area contributed by atoms with Crippen molar-refractivity contribution in [1.29, 1.82) is 0 Å². The van der Waals surface area contributed by atoms with E-state index >= 15 is 0 Å². The van der Waals surface area contributed by atoms with E-state index in [9.17, 15) is 4.79 Å². The number of hydrogen-bond donors (Lipinski definition) is 1. The monoisotopic (exact) mass is 477 g/mol. The van der Waals surface area contributed by atoms with Crippen LogP contribution in [-0.2, 0) is 4.79 Å². The van der Waals surface area contributed by atoms with Gasteiger partial charge in [-0.2, -0.15) is 0 Å². The number of carbonyl (C=O) groups is 1. The number of amides is 1. The van der Waals surface area contributed by atoms with E-state index in [0.29, 0.717) is 22.6 Å². The molecule has 0 bridgehead atoms. The first kappa shape index (κ1) is 23.6. The van der Waals surface area contributed by atoms with Crippen LogP contribution < -0.4 is 10.1 Å². The summed E-state index contributed by atoms with van der Waals surface area (Å²) in [4.78, 5) is 12.8. The summed E-state index contributed by atoms with van der Waals surface area (Å²) in [5.41, 5.74) is 3.04. The van der Waals surface area contributed by atoms with Crippen molar-refractivity contribution in [3.05, 3.63) is 65.9 Å². The third kappa shape index (κ3) is 4.99. The molecule has 1 unspecified atom stereocenters. The molecule has 2 heterocycles. The summed E-state index contributed by atoms with van der Waals surface area (Å²) in [5.74, 6) is 2.57. The standard InChI is InChI=1S/C25H27N5O3S/c1-15(2)20-8-6-7-9-21(20)30-23(18-10-12-19(32-5)13-11-18)27-28-25(30)34-17(4)24(31)26-22-14-16(3)33-29-22/h6-15,17H,1-5H3,(H,26,29,31). The van der Waals surface area contributed by atoms with Gasteiger partial charge >= 0.3 is 0 Å². The van der Waals surface area contributed by atoms with Gasteiger partial charge < -0.3 is 14.6 Å². The number of aryl methyl sites for hydroxylation is 1. The van der Waals surface area contributed by atoms with Crippen LogP contribution in [0.2, 0.25) is 0 Å². The first-order valence-corrected chi connectivity index (χ1v) is 11.8. The van der Waals surface area contributed by atoms with Crippen LogP contribution in [0.3, 0.4) is 0 Å². The fourth-order valence-corrected chi connectivity index (χ4v) is 4.40. The van der Waals surface area contributed by atoms with E-state index in [-0.39, 0.29) is 11.8 Å². The minimum Gasteiger partial charge on any atom is -0.497 e. The lowest BCUT2D eigenvalue weighted by molar-refractivity contribution is -0.115. The van der Waals surface area contributed by atoms with Gasteiger partial charge in [0.1, 0.15) is 11.5 Å². The van der Waals surface area contributed by atoms with Crippen molar-refractivity contribution in [2.45, 2.75) is 44.0 Å². The molecule has 0 aliphatic carbocycles. The highest BCUT2D eigenvalue weighted by molar-refractivity contribution is 8.00. The molecule has 2 aromatic heterocycles. The molecule has 1 amide bonds. The summed E-state index contributed by atoms with van der Waals surface area (Å²) in [7, 11) is 1.64. The van der Waals surface area contributed by atoms with E-state index in [1.807, 2.05) is 47.9 Å². The Morgan fingerprint density at radius 3 is 2.47 bits per heavy atom. The van der Waals surface area contributed by atoms with Gasteiger partial charge in [-0.1, -0.05) is 49.0 Å². The van der Waals surface area contributed by atoms with Crippen LogP contribution in [0.5, 0.6) is 5.75 Å². The molecule has 0 saturated carbocycles. The predicted molar refractivity (Wildman–Crippen MR) is 133 cm³/mol. The number of methoxy groups -OCH3 is 1. The number of rotatable bonds is 8. The summed E-state index contributed by atoms with van der Waals surface area (Å²) in [6.07, 6.45) is 0. The van der Waals surface area contributed by atoms with Crippen LogP contribution in [-0.4, -0.2) is 38.2 Å². The molecular formula is C25H27N5O3S. The molecule has 8 nitrogen and oxygen atoms in total. The molecule has 0 spiro atoms. The number of thioether (sulfide) groups is 1. The predicted octanol–water partition coefficient (Wildman–Crippen LogP) is 5.48. The molecule has 1 atom stereocenters. The zero-order chi connectivity index (χ0) is 24.2. The Hall–Kier alpha value is -3.59. The number of carbonyl (C=O) groups excluding carboxylic acids is 1. The summed E-state index contributed by atoms with van der Waals surface area (Å²) in [5, 5.41) is 15.8. The average Bonchev–Trinajstić information content (AvgIpc) is 3.44. The molecule has 4 rings (SSSR count). The molecule has 0 fully saturated rings. The minimum atomic E-state index is -0.449. The Kier molecular flexibility index (Phi) is 7.02. The first-order chi connectivity index (χ1) is 16.4. The van der Waals surface area contributed by atoms with Crippen LogP contribution in [0, 0.1) is 6.92 Å². The third-order valence-electron chi connectivity index (χ3n) is 5.31. The lowest BCUT2D eigenvalue weighted by atomic mass is 10.0. The normalized spacial score (nSPS) is 12.1. The van der Waals surface area contributed by atoms with Gasteiger partial charge in [0, 0.05) is 11.6 Å². The van der Waals surface area contributed by atoms with Crippen molar-refractivity contribution >= 4 is 23.5 Å². The molecule has 9 heteroatoms. The maximum atomic E-state index is 12.8. The van der Waals surface area contributed by atoms with Crippen LogP contribution in [0.15, 0.2) is 64.3 Å². The first-order valence-electron chi connectivity index (χ1n) is 11.0. The number of para-hydroxylation sites is 1. The Balaban J connectivity index is 1.72. The van der Waals surface area contributed by atoms with Crippen LogP contribution >= 0.6 is 11.8 Å². The summed E-state index contributed by atoms with van der Waals surface area (Å²) >= 11 is 1.34. The van der Waals surface area contributed by atoms with Crippen molar-refractivity contribution in [3.63, 3.8) is 0 Å². The van der Waals surface area contributed by atoms with E-state index in [0.717, 1.165) is 22.6 Å². The number of nitrogens with zero attached hydrogens (tertiary/aromatic N) is 4. The average molecular weight is 478 g/mol. The summed E-state index contributed by atoms with van der Waals surface area (Å²) in [6, 6.07) is 17.6. The smallest absolute Gasteiger partial charge is 0.238 e.